The van der Waals surface area contributed by atoms with Crippen LogP contribution in [0.4, 0.5) is 5.95 Å². The van der Waals surface area contributed by atoms with E-state index in [4.69, 9.17) is 10.5 Å². The maximum atomic E-state index is 11.9. The van der Waals surface area contributed by atoms with Gasteiger partial charge in [-0.3, -0.25) is 14.3 Å². The molecule has 130 valence electrons. The number of nitrogens with zero attached hydrogens (tertiary/aromatic N) is 3. The normalized spacial score (nSPS) is 23.2. The molecule has 24 heavy (non-hydrogen) atoms. The van der Waals surface area contributed by atoms with E-state index in [0.29, 0.717) is 12.1 Å². The number of fused-ring (bicyclic) bond motifs is 1. The number of rotatable bonds is 5. The topological polar surface area (TPSA) is 148 Å². The maximum Gasteiger partial charge on any atom is 0.280 e. The average Bonchev–Trinajstić information content (AvgIpc) is 3.07. The van der Waals surface area contributed by atoms with Crippen molar-refractivity contribution >= 4 is 24.5 Å². The number of likely N-dealkylation sites (N-methyl/N-ethyl adjacent to an activating group) is 1. The minimum Gasteiger partial charge on any atom is -0.389 e. The van der Waals surface area contributed by atoms with E-state index < -0.39 is 12.9 Å². The summed E-state index contributed by atoms with van der Waals surface area (Å²) in [7, 11) is -1.51. The lowest BCUT2D eigenvalue weighted by Crippen LogP contribution is -2.22. The lowest BCUT2D eigenvalue weighted by atomic mass is 10.2. The molecule has 2 aromatic rings. The van der Waals surface area contributed by atoms with E-state index in [9.17, 15) is 14.3 Å². The Hall–Kier alpha value is -2.16. The third-order valence-electron chi connectivity index (χ3n) is 3.79. The second-order valence-electron chi connectivity index (χ2n) is 5.79. The van der Waals surface area contributed by atoms with Gasteiger partial charge in [0.15, 0.2) is 11.2 Å². The molecule has 0 saturated carbocycles. The number of nitrogens with one attached hydrogen (secondary N) is 2. The van der Waals surface area contributed by atoms with E-state index in [1.165, 1.54) is 13.0 Å². The van der Waals surface area contributed by atoms with Gasteiger partial charge in [0.25, 0.3) is 5.56 Å². The number of H-pyrrole nitrogens is 1. The molecule has 0 amide bonds. The van der Waals surface area contributed by atoms with E-state index in [1.54, 1.807) is 11.6 Å². The minimum atomic E-state index is -3.26. The van der Waals surface area contributed by atoms with Gasteiger partial charge in [0.1, 0.15) is 6.35 Å². The van der Waals surface area contributed by atoms with Gasteiger partial charge in [0.2, 0.25) is 13.3 Å². The first kappa shape index (κ1) is 16.7. The molecule has 0 spiro atoms. The fraction of sp³-hybridized carbons (Fsp3) is 0.462. The molecule has 0 fully saturated rings. The molecule has 0 aliphatic heterocycles. The number of imidazole rings is 1. The first-order valence-corrected chi connectivity index (χ1v) is 9.60. The smallest absolute Gasteiger partial charge is 0.280 e. The molecule has 0 saturated heterocycles. The quantitative estimate of drug-likeness (QED) is 0.548. The van der Waals surface area contributed by atoms with Crippen LogP contribution in [0.2, 0.25) is 0 Å². The molecule has 3 atom stereocenters. The molecule has 1 aliphatic rings. The molecule has 11 heteroatoms. The zero-order valence-electron chi connectivity index (χ0n) is 13.3. The highest BCUT2D eigenvalue weighted by Gasteiger charge is 2.30. The number of nitrogens with two attached hydrogens (primary N) is 1. The van der Waals surface area contributed by atoms with Gasteiger partial charge < -0.3 is 25.2 Å². The van der Waals surface area contributed by atoms with Crippen molar-refractivity contribution in [2.24, 2.45) is 0 Å². The third-order valence-corrected chi connectivity index (χ3v) is 4.41. The van der Waals surface area contributed by atoms with Crippen LogP contribution in [0, 0.1) is 0 Å². The summed E-state index contributed by atoms with van der Waals surface area (Å²) in [5.41, 5.74) is 6.61. The molecule has 3 rings (SSSR count). The van der Waals surface area contributed by atoms with Gasteiger partial charge >= 0.3 is 0 Å². The number of allylic oxidation sites excluding steroid dienone is 1. The predicted molar refractivity (Wildman–Crippen MR) is 88.8 cm³/mol. The first-order chi connectivity index (χ1) is 11.3. The maximum absolute atomic E-state index is 11.9. The van der Waals surface area contributed by atoms with Gasteiger partial charge in [0.05, 0.1) is 18.5 Å². The Morgan fingerprint density at radius 3 is 3.04 bits per heavy atom. The SMILES string of the molecule is CNC1=CC(n2cnc3c(=O)[nH]c(N)nc32)CC1OCP(C)(=O)O. The van der Waals surface area contributed by atoms with E-state index in [0.717, 1.165) is 5.70 Å². The van der Waals surface area contributed by atoms with Gasteiger partial charge in [-0.25, -0.2) is 4.98 Å². The van der Waals surface area contributed by atoms with E-state index >= 15 is 0 Å². The Morgan fingerprint density at radius 1 is 1.62 bits per heavy atom. The number of nitrogen functional groups attached to an aromatic ring is 1. The fourth-order valence-electron chi connectivity index (χ4n) is 2.74. The highest BCUT2D eigenvalue weighted by atomic mass is 31.2. The Morgan fingerprint density at radius 2 is 2.38 bits per heavy atom. The molecule has 3 unspecified atom stereocenters. The van der Waals surface area contributed by atoms with Crippen LogP contribution in [0.1, 0.15) is 12.5 Å². The van der Waals surface area contributed by atoms with Crippen molar-refractivity contribution in [2.75, 3.05) is 25.8 Å². The molecular formula is C13H19N6O4P. The van der Waals surface area contributed by atoms with Crippen LogP contribution < -0.4 is 16.6 Å². The number of anilines is 1. The van der Waals surface area contributed by atoms with Gasteiger partial charge in [-0.2, -0.15) is 4.98 Å². The van der Waals surface area contributed by atoms with Crippen LogP contribution in [-0.4, -0.2) is 50.6 Å². The van der Waals surface area contributed by atoms with Crippen LogP contribution in [0.15, 0.2) is 22.9 Å². The number of aromatic nitrogens is 4. The Bertz CT molecular complexity index is 897. The van der Waals surface area contributed by atoms with Crippen molar-refractivity contribution in [1.82, 2.24) is 24.8 Å². The standard InChI is InChI=1S/C13H19N6O4P/c1-15-8-3-7(4-9(8)23-6-24(2,21)22)19-5-16-10-11(19)17-13(14)18-12(10)20/h3,5,7,9,15H,4,6H2,1-2H3,(H,21,22)(H3,14,17,18,20). The molecule has 0 bridgehead atoms. The second kappa shape index (κ2) is 6.04. The van der Waals surface area contributed by atoms with Crippen molar-refractivity contribution < 1.29 is 14.2 Å². The van der Waals surface area contributed by atoms with Crippen molar-refractivity contribution in [3.8, 4) is 0 Å². The Balaban J connectivity index is 1.90. The van der Waals surface area contributed by atoms with Gasteiger partial charge in [0, 0.05) is 25.8 Å². The van der Waals surface area contributed by atoms with Crippen LogP contribution in [-0.2, 0) is 9.30 Å². The van der Waals surface area contributed by atoms with Gasteiger partial charge in [-0.15, -0.1) is 0 Å². The molecule has 0 radical (unpaired) electrons. The summed E-state index contributed by atoms with van der Waals surface area (Å²) in [5, 5.41) is 3.03. The Labute approximate surface area is 137 Å². The van der Waals surface area contributed by atoms with E-state index in [-0.39, 0.29) is 30.0 Å². The van der Waals surface area contributed by atoms with Crippen molar-refractivity contribution in [1.29, 1.82) is 0 Å². The van der Waals surface area contributed by atoms with Gasteiger partial charge in [-0.05, 0) is 6.08 Å². The summed E-state index contributed by atoms with van der Waals surface area (Å²) in [5.74, 6) is 0.0186. The van der Waals surface area contributed by atoms with Crippen molar-refractivity contribution in [3.05, 3.63) is 28.5 Å². The van der Waals surface area contributed by atoms with Crippen LogP contribution in [0.5, 0.6) is 0 Å². The van der Waals surface area contributed by atoms with Crippen LogP contribution in [0.25, 0.3) is 11.2 Å². The summed E-state index contributed by atoms with van der Waals surface area (Å²) in [6.45, 7) is 1.25. The minimum absolute atomic E-state index is 0.0186. The van der Waals surface area contributed by atoms with Gasteiger partial charge in [-0.1, -0.05) is 0 Å². The van der Waals surface area contributed by atoms with Crippen molar-refractivity contribution in [3.63, 3.8) is 0 Å². The van der Waals surface area contributed by atoms with Crippen LogP contribution >= 0.6 is 7.37 Å². The Kier molecular flexibility index (Phi) is 4.20. The second-order valence-corrected chi connectivity index (χ2v) is 8.15. The third kappa shape index (κ3) is 3.21. The zero-order valence-corrected chi connectivity index (χ0v) is 14.2. The number of hydrogen-bond donors (Lipinski definition) is 4. The monoisotopic (exact) mass is 354 g/mol. The highest BCUT2D eigenvalue weighted by Crippen LogP contribution is 2.38. The molecular weight excluding hydrogens is 335 g/mol. The average molecular weight is 354 g/mol. The van der Waals surface area contributed by atoms with Crippen molar-refractivity contribution in [2.45, 2.75) is 18.6 Å². The van der Waals surface area contributed by atoms with E-state index in [2.05, 4.69) is 20.3 Å². The summed E-state index contributed by atoms with van der Waals surface area (Å²) < 4.78 is 18.7. The number of aromatic amines is 1. The zero-order chi connectivity index (χ0) is 17.5. The molecule has 10 nitrogen and oxygen atoms in total. The molecule has 0 aromatic carbocycles. The summed E-state index contributed by atoms with van der Waals surface area (Å²) >= 11 is 0. The predicted octanol–water partition coefficient (Wildman–Crippen LogP) is -0.00720. The molecule has 2 aromatic heterocycles. The summed E-state index contributed by atoms with van der Waals surface area (Å²) in [4.78, 5) is 31.9. The first-order valence-electron chi connectivity index (χ1n) is 7.31. The number of ether oxygens (including phenoxy) is 1. The largest absolute Gasteiger partial charge is 0.389 e. The molecule has 5 N–H and O–H groups in total. The van der Waals surface area contributed by atoms with E-state index in [1.807, 2.05) is 6.08 Å². The lowest BCUT2D eigenvalue weighted by Gasteiger charge is -2.18. The van der Waals surface area contributed by atoms with Crippen LogP contribution in [0.3, 0.4) is 0 Å². The molecule has 2 heterocycles. The lowest BCUT2D eigenvalue weighted by molar-refractivity contribution is 0.0991. The number of hydrogen-bond acceptors (Lipinski definition) is 7. The summed E-state index contributed by atoms with van der Waals surface area (Å²) in [6.07, 6.45) is 3.40. The highest BCUT2D eigenvalue weighted by molar-refractivity contribution is 7.56. The fourth-order valence-corrected chi connectivity index (χ4v) is 3.20. The summed E-state index contributed by atoms with van der Waals surface area (Å²) in [6, 6.07) is -0.161. The molecule has 1 aliphatic carbocycles.